The Balaban J connectivity index is 1.71. The molecular weight excluding hydrogens is 334 g/mol. The summed E-state index contributed by atoms with van der Waals surface area (Å²) in [6.45, 7) is 9.77. The van der Waals surface area contributed by atoms with Gasteiger partial charge in [-0.15, -0.1) is 0 Å². The first-order valence-corrected chi connectivity index (χ1v) is 9.22. The van der Waals surface area contributed by atoms with Crippen LogP contribution in [0.2, 0.25) is 0 Å². The summed E-state index contributed by atoms with van der Waals surface area (Å²) in [5.74, 6) is 0.997. The highest BCUT2D eigenvalue weighted by Gasteiger charge is 2.41. The summed E-state index contributed by atoms with van der Waals surface area (Å²) < 4.78 is 10.9. The molecule has 26 heavy (non-hydrogen) atoms. The second-order valence-electron chi connectivity index (χ2n) is 8.06. The van der Waals surface area contributed by atoms with Gasteiger partial charge in [0, 0.05) is 19.1 Å². The standard InChI is InChI=1S/C19H29N3O4/c1-13-10-21(18(24)26-19(2,3)4)11-16-9-14-5-6-15(12-25-8-7-23)20-17(14)22(13)16/h5-6,13,16,23H,7-12H2,1-4H3/t13-,16-/m1/s1. The third-order valence-corrected chi connectivity index (χ3v) is 4.64. The molecule has 7 nitrogen and oxygen atoms in total. The summed E-state index contributed by atoms with van der Waals surface area (Å²) in [6, 6.07) is 4.47. The van der Waals surface area contributed by atoms with Gasteiger partial charge in [0.25, 0.3) is 0 Å². The van der Waals surface area contributed by atoms with E-state index in [1.165, 1.54) is 5.56 Å². The molecule has 7 heteroatoms. The fourth-order valence-electron chi connectivity index (χ4n) is 3.68. The maximum Gasteiger partial charge on any atom is 0.410 e. The van der Waals surface area contributed by atoms with Gasteiger partial charge in [0.05, 0.1) is 31.6 Å². The zero-order valence-electron chi connectivity index (χ0n) is 16.1. The summed E-state index contributed by atoms with van der Waals surface area (Å²) in [6.07, 6.45) is 0.634. The van der Waals surface area contributed by atoms with Crippen molar-refractivity contribution in [3.63, 3.8) is 0 Å². The molecule has 1 fully saturated rings. The number of pyridine rings is 1. The normalized spacial score (nSPS) is 22.2. The van der Waals surface area contributed by atoms with E-state index in [-0.39, 0.29) is 24.8 Å². The third kappa shape index (κ3) is 4.10. The molecule has 0 bridgehead atoms. The largest absolute Gasteiger partial charge is 0.444 e. The van der Waals surface area contributed by atoms with Crippen LogP contribution in [-0.4, -0.2) is 65.1 Å². The molecule has 2 aliphatic heterocycles. The number of anilines is 1. The molecule has 2 atom stereocenters. The smallest absolute Gasteiger partial charge is 0.410 e. The minimum atomic E-state index is -0.485. The van der Waals surface area contributed by atoms with E-state index in [0.29, 0.717) is 26.3 Å². The van der Waals surface area contributed by atoms with Crippen LogP contribution in [0.1, 0.15) is 39.0 Å². The van der Waals surface area contributed by atoms with Crippen molar-refractivity contribution < 1.29 is 19.4 Å². The van der Waals surface area contributed by atoms with Crippen LogP contribution in [0.5, 0.6) is 0 Å². The van der Waals surface area contributed by atoms with Gasteiger partial charge in [0.15, 0.2) is 0 Å². The van der Waals surface area contributed by atoms with Crippen molar-refractivity contribution in [1.82, 2.24) is 9.88 Å². The minimum absolute atomic E-state index is 0.0106. The molecule has 1 saturated heterocycles. The number of amides is 1. The molecule has 3 heterocycles. The first-order valence-electron chi connectivity index (χ1n) is 9.22. The number of fused-ring (bicyclic) bond motifs is 3. The molecule has 1 aromatic heterocycles. The third-order valence-electron chi connectivity index (χ3n) is 4.64. The number of aliphatic hydroxyl groups is 1. The quantitative estimate of drug-likeness (QED) is 0.825. The number of hydrogen-bond donors (Lipinski definition) is 1. The van der Waals surface area contributed by atoms with Gasteiger partial charge >= 0.3 is 6.09 Å². The topological polar surface area (TPSA) is 75.1 Å². The number of carbonyl (C=O) groups is 1. The lowest BCUT2D eigenvalue weighted by Crippen LogP contribution is -2.58. The van der Waals surface area contributed by atoms with Crippen molar-refractivity contribution in [3.8, 4) is 0 Å². The first kappa shape index (κ1) is 18.9. The number of ether oxygens (including phenoxy) is 2. The Morgan fingerprint density at radius 1 is 1.35 bits per heavy atom. The van der Waals surface area contributed by atoms with Crippen molar-refractivity contribution in [2.75, 3.05) is 31.2 Å². The van der Waals surface area contributed by atoms with Crippen LogP contribution in [0.15, 0.2) is 12.1 Å². The Kier molecular flexibility index (Phi) is 5.39. The monoisotopic (exact) mass is 363 g/mol. The van der Waals surface area contributed by atoms with Crippen LogP contribution in [0, 0.1) is 0 Å². The molecule has 1 amide bonds. The Morgan fingerprint density at radius 2 is 2.12 bits per heavy atom. The number of carbonyl (C=O) groups excluding carboxylic acids is 1. The predicted molar refractivity (Wildman–Crippen MR) is 98.2 cm³/mol. The van der Waals surface area contributed by atoms with Gasteiger partial charge < -0.3 is 24.4 Å². The first-order chi connectivity index (χ1) is 12.3. The van der Waals surface area contributed by atoms with Gasteiger partial charge in [-0.3, -0.25) is 0 Å². The molecule has 1 aromatic rings. The minimum Gasteiger partial charge on any atom is -0.444 e. The number of aromatic nitrogens is 1. The van der Waals surface area contributed by atoms with Crippen molar-refractivity contribution in [1.29, 1.82) is 0 Å². The van der Waals surface area contributed by atoms with Crippen molar-refractivity contribution in [2.45, 2.75) is 58.4 Å². The van der Waals surface area contributed by atoms with Crippen molar-refractivity contribution >= 4 is 11.9 Å². The maximum absolute atomic E-state index is 12.5. The number of rotatable bonds is 4. The zero-order chi connectivity index (χ0) is 18.9. The SMILES string of the molecule is C[C@@H]1CN(C(=O)OC(C)(C)C)C[C@H]2Cc3ccc(COCCO)nc3N21. The number of hydrogen-bond acceptors (Lipinski definition) is 6. The Bertz CT molecular complexity index is 659. The Morgan fingerprint density at radius 3 is 2.81 bits per heavy atom. The molecule has 2 aliphatic rings. The van der Waals surface area contributed by atoms with Crippen LogP contribution in [0.4, 0.5) is 10.6 Å². The van der Waals surface area contributed by atoms with Gasteiger partial charge in [-0.1, -0.05) is 6.07 Å². The fourth-order valence-corrected chi connectivity index (χ4v) is 3.68. The molecule has 3 rings (SSSR count). The molecule has 0 saturated carbocycles. The second kappa shape index (κ2) is 7.40. The Labute approximate surface area is 154 Å². The highest BCUT2D eigenvalue weighted by Crippen LogP contribution is 2.35. The van der Waals surface area contributed by atoms with Gasteiger partial charge in [-0.05, 0) is 45.7 Å². The van der Waals surface area contributed by atoms with E-state index in [1.807, 2.05) is 31.7 Å². The zero-order valence-corrected chi connectivity index (χ0v) is 16.1. The van der Waals surface area contributed by atoms with E-state index in [4.69, 9.17) is 19.6 Å². The molecule has 0 aromatic carbocycles. The van der Waals surface area contributed by atoms with Crippen LogP contribution in [0.25, 0.3) is 0 Å². The van der Waals surface area contributed by atoms with E-state index in [2.05, 4.69) is 17.9 Å². The number of piperazine rings is 1. The predicted octanol–water partition coefficient (Wildman–Crippen LogP) is 1.96. The lowest BCUT2D eigenvalue weighted by molar-refractivity contribution is 0.0191. The Hall–Kier alpha value is -1.86. The van der Waals surface area contributed by atoms with Gasteiger partial charge in [-0.2, -0.15) is 0 Å². The van der Waals surface area contributed by atoms with Gasteiger partial charge in [-0.25, -0.2) is 9.78 Å². The summed E-state index contributed by atoms with van der Waals surface area (Å²) in [5, 5.41) is 8.83. The molecule has 144 valence electrons. The van der Waals surface area contributed by atoms with Crippen LogP contribution in [0.3, 0.4) is 0 Å². The second-order valence-corrected chi connectivity index (χ2v) is 8.06. The lowest BCUT2D eigenvalue weighted by Gasteiger charge is -2.43. The highest BCUT2D eigenvalue weighted by molar-refractivity contribution is 5.69. The average Bonchev–Trinajstić information content (AvgIpc) is 2.91. The van der Waals surface area contributed by atoms with E-state index in [9.17, 15) is 4.79 Å². The maximum atomic E-state index is 12.5. The van der Waals surface area contributed by atoms with Crippen LogP contribution >= 0.6 is 0 Å². The van der Waals surface area contributed by atoms with E-state index in [0.717, 1.165) is 17.9 Å². The molecule has 0 aliphatic carbocycles. The number of aliphatic hydroxyl groups excluding tert-OH is 1. The summed E-state index contributed by atoms with van der Waals surface area (Å²) in [7, 11) is 0. The lowest BCUT2D eigenvalue weighted by atomic mass is 10.1. The molecule has 1 N–H and O–H groups in total. The number of nitrogens with zero attached hydrogens (tertiary/aromatic N) is 3. The van der Waals surface area contributed by atoms with Gasteiger partial charge in [0.2, 0.25) is 0 Å². The molecule has 0 radical (unpaired) electrons. The molecular formula is C19H29N3O4. The molecule has 0 spiro atoms. The summed E-state index contributed by atoms with van der Waals surface area (Å²) >= 11 is 0. The van der Waals surface area contributed by atoms with E-state index < -0.39 is 5.60 Å². The summed E-state index contributed by atoms with van der Waals surface area (Å²) in [5.41, 5.74) is 1.58. The van der Waals surface area contributed by atoms with Crippen molar-refractivity contribution in [2.24, 2.45) is 0 Å². The summed E-state index contributed by atoms with van der Waals surface area (Å²) in [4.78, 5) is 21.4. The van der Waals surface area contributed by atoms with E-state index >= 15 is 0 Å². The molecule has 0 unspecified atom stereocenters. The van der Waals surface area contributed by atoms with Crippen LogP contribution in [-0.2, 0) is 22.5 Å². The van der Waals surface area contributed by atoms with E-state index in [1.54, 1.807) is 0 Å². The highest BCUT2D eigenvalue weighted by atomic mass is 16.6. The fraction of sp³-hybridized carbons (Fsp3) is 0.684. The van der Waals surface area contributed by atoms with Crippen LogP contribution < -0.4 is 4.90 Å². The van der Waals surface area contributed by atoms with Crippen molar-refractivity contribution in [3.05, 3.63) is 23.4 Å². The average molecular weight is 363 g/mol. The van der Waals surface area contributed by atoms with Gasteiger partial charge in [0.1, 0.15) is 11.4 Å².